The SMILES string of the molecule is CCCCCCCCCOc1cccc(C)c1. The highest BCUT2D eigenvalue weighted by atomic mass is 16.5. The first-order valence-electron chi connectivity index (χ1n) is 7.02. The maximum atomic E-state index is 5.71. The largest absolute Gasteiger partial charge is 0.494 e. The van der Waals surface area contributed by atoms with Crippen molar-refractivity contribution in [1.29, 1.82) is 0 Å². The summed E-state index contributed by atoms with van der Waals surface area (Å²) in [6.07, 6.45) is 9.34. The molecule has 0 aliphatic carbocycles. The number of unbranched alkanes of at least 4 members (excludes halogenated alkanes) is 6. The molecule has 1 heteroatoms. The van der Waals surface area contributed by atoms with Crippen LogP contribution in [0.25, 0.3) is 0 Å². The van der Waals surface area contributed by atoms with Crippen LogP contribution in [0.2, 0.25) is 0 Å². The Hall–Kier alpha value is -0.980. The van der Waals surface area contributed by atoms with Gasteiger partial charge in [-0.15, -0.1) is 0 Å². The minimum atomic E-state index is 0.858. The molecule has 17 heavy (non-hydrogen) atoms. The van der Waals surface area contributed by atoms with E-state index < -0.39 is 0 Å². The van der Waals surface area contributed by atoms with Crippen LogP contribution in [0, 0.1) is 6.92 Å². The number of aryl methyl sites for hydroxylation is 1. The third-order valence-corrected chi connectivity index (χ3v) is 3.01. The van der Waals surface area contributed by atoms with Gasteiger partial charge in [-0.3, -0.25) is 0 Å². The average molecular weight is 234 g/mol. The molecule has 1 aromatic carbocycles. The zero-order valence-electron chi connectivity index (χ0n) is 11.4. The number of hydrogen-bond acceptors (Lipinski definition) is 1. The van der Waals surface area contributed by atoms with E-state index >= 15 is 0 Å². The molecule has 1 aromatic rings. The summed E-state index contributed by atoms with van der Waals surface area (Å²) in [5.74, 6) is 1.01. The first-order chi connectivity index (χ1) is 8.33. The molecule has 0 saturated heterocycles. The summed E-state index contributed by atoms with van der Waals surface area (Å²) in [6.45, 7) is 5.22. The fourth-order valence-corrected chi connectivity index (χ4v) is 1.95. The first kappa shape index (κ1) is 14.1. The molecule has 0 saturated carbocycles. The van der Waals surface area contributed by atoms with Gasteiger partial charge in [-0.25, -0.2) is 0 Å². The molecule has 0 unspecified atom stereocenters. The summed E-state index contributed by atoms with van der Waals surface area (Å²) in [6, 6.07) is 8.28. The summed E-state index contributed by atoms with van der Waals surface area (Å²) in [7, 11) is 0. The predicted octanol–water partition coefficient (Wildman–Crippen LogP) is 5.12. The van der Waals surface area contributed by atoms with E-state index in [1.807, 2.05) is 6.07 Å². The Labute approximate surface area is 106 Å². The minimum Gasteiger partial charge on any atom is -0.494 e. The van der Waals surface area contributed by atoms with Crippen LogP contribution >= 0.6 is 0 Å². The molecule has 0 fully saturated rings. The summed E-state index contributed by atoms with van der Waals surface area (Å²) in [4.78, 5) is 0. The highest BCUT2D eigenvalue weighted by Crippen LogP contribution is 2.13. The van der Waals surface area contributed by atoms with E-state index in [2.05, 4.69) is 32.0 Å². The maximum Gasteiger partial charge on any atom is 0.119 e. The van der Waals surface area contributed by atoms with Crippen molar-refractivity contribution >= 4 is 0 Å². The molecule has 0 spiro atoms. The van der Waals surface area contributed by atoms with Gasteiger partial charge in [0.1, 0.15) is 5.75 Å². The number of hydrogen-bond donors (Lipinski definition) is 0. The van der Waals surface area contributed by atoms with Crippen LogP contribution in [0.15, 0.2) is 24.3 Å². The van der Waals surface area contributed by atoms with Gasteiger partial charge in [0.25, 0.3) is 0 Å². The highest BCUT2D eigenvalue weighted by Gasteiger charge is 1.94. The van der Waals surface area contributed by atoms with Crippen molar-refractivity contribution in [3.05, 3.63) is 29.8 Å². The van der Waals surface area contributed by atoms with E-state index in [-0.39, 0.29) is 0 Å². The van der Waals surface area contributed by atoms with Crippen molar-refractivity contribution < 1.29 is 4.74 Å². The Bertz CT molecular complexity index is 293. The lowest BCUT2D eigenvalue weighted by Gasteiger charge is -2.06. The zero-order valence-corrected chi connectivity index (χ0v) is 11.4. The number of ether oxygens (including phenoxy) is 1. The molecule has 0 radical (unpaired) electrons. The molecule has 0 bridgehead atoms. The topological polar surface area (TPSA) is 9.23 Å². The number of benzene rings is 1. The smallest absolute Gasteiger partial charge is 0.119 e. The van der Waals surface area contributed by atoms with Crippen LogP contribution in [0.4, 0.5) is 0 Å². The van der Waals surface area contributed by atoms with Gasteiger partial charge in [0.2, 0.25) is 0 Å². The van der Waals surface area contributed by atoms with Crippen LogP contribution in [0.5, 0.6) is 5.75 Å². The Morgan fingerprint density at radius 2 is 1.65 bits per heavy atom. The minimum absolute atomic E-state index is 0.858. The van der Waals surface area contributed by atoms with E-state index in [0.717, 1.165) is 12.4 Å². The van der Waals surface area contributed by atoms with Gasteiger partial charge in [-0.05, 0) is 31.0 Å². The van der Waals surface area contributed by atoms with Crippen LogP contribution < -0.4 is 4.74 Å². The molecule has 0 N–H and O–H groups in total. The maximum absolute atomic E-state index is 5.71. The van der Waals surface area contributed by atoms with E-state index in [9.17, 15) is 0 Å². The lowest BCUT2D eigenvalue weighted by molar-refractivity contribution is 0.304. The molecule has 0 atom stereocenters. The van der Waals surface area contributed by atoms with Gasteiger partial charge < -0.3 is 4.74 Å². The van der Waals surface area contributed by atoms with E-state index in [4.69, 9.17) is 4.74 Å². The highest BCUT2D eigenvalue weighted by molar-refractivity contribution is 5.27. The molecule has 96 valence electrons. The van der Waals surface area contributed by atoms with Crippen molar-refractivity contribution in [2.45, 2.75) is 58.8 Å². The quantitative estimate of drug-likeness (QED) is 0.538. The van der Waals surface area contributed by atoms with Crippen molar-refractivity contribution in [3.8, 4) is 5.75 Å². The third kappa shape index (κ3) is 7.04. The predicted molar refractivity (Wildman–Crippen MR) is 74.7 cm³/mol. The second-order valence-corrected chi connectivity index (χ2v) is 4.79. The van der Waals surface area contributed by atoms with E-state index in [1.165, 1.54) is 50.5 Å². The molecule has 1 nitrogen and oxygen atoms in total. The van der Waals surface area contributed by atoms with Crippen molar-refractivity contribution in [3.63, 3.8) is 0 Å². The Morgan fingerprint density at radius 3 is 2.35 bits per heavy atom. The Kier molecular flexibility index (Phi) is 7.53. The van der Waals surface area contributed by atoms with Gasteiger partial charge in [-0.2, -0.15) is 0 Å². The van der Waals surface area contributed by atoms with E-state index in [1.54, 1.807) is 0 Å². The fraction of sp³-hybridized carbons (Fsp3) is 0.625. The molecule has 0 amide bonds. The normalized spacial score (nSPS) is 10.5. The van der Waals surface area contributed by atoms with Crippen LogP contribution in [0.3, 0.4) is 0 Å². The summed E-state index contributed by atoms with van der Waals surface area (Å²) >= 11 is 0. The Balaban J connectivity index is 1.97. The van der Waals surface area contributed by atoms with Gasteiger partial charge in [0.05, 0.1) is 6.61 Å². The van der Waals surface area contributed by atoms with E-state index in [0.29, 0.717) is 0 Å². The molecular formula is C16H26O. The van der Waals surface area contributed by atoms with Gasteiger partial charge >= 0.3 is 0 Å². The first-order valence-corrected chi connectivity index (χ1v) is 7.02. The van der Waals surface area contributed by atoms with Crippen molar-refractivity contribution in [1.82, 2.24) is 0 Å². The summed E-state index contributed by atoms with van der Waals surface area (Å²) in [5, 5.41) is 0. The molecular weight excluding hydrogens is 208 g/mol. The number of rotatable bonds is 9. The zero-order chi connectivity index (χ0) is 12.3. The lowest BCUT2D eigenvalue weighted by atomic mass is 10.1. The molecule has 0 heterocycles. The van der Waals surface area contributed by atoms with Crippen molar-refractivity contribution in [2.24, 2.45) is 0 Å². The van der Waals surface area contributed by atoms with Gasteiger partial charge in [0.15, 0.2) is 0 Å². The van der Waals surface area contributed by atoms with Gasteiger partial charge in [-0.1, -0.05) is 57.6 Å². The summed E-state index contributed by atoms with van der Waals surface area (Å²) in [5.41, 5.74) is 1.27. The molecule has 1 rings (SSSR count). The van der Waals surface area contributed by atoms with Crippen molar-refractivity contribution in [2.75, 3.05) is 6.61 Å². The van der Waals surface area contributed by atoms with Crippen LogP contribution in [-0.4, -0.2) is 6.61 Å². The molecule has 0 aliphatic heterocycles. The van der Waals surface area contributed by atoms with Crippen LogP contribution in [-0.2, 0) is 0 Å². The monoisotopic (exact) mass is 234 g/mol. The molecule has 0 aromatic heterocycles. The van der Waals surface area contributed by atoms with Gasteiger partial charge in [0, 0.05) is 0 Å². The fourth-order valence-electron chi connectivity index (χ4n) is 1.95. The average Bonchev–Trinajstić information content (AvgIpc) is 2.33. The third-order valence-electron chi connectivity index (χ3n) is 3.01. The second kappa shape index (κ2) is 9.09. The second-order valence-electron chi connectivity index (χ2n) is 4.79. The summed E-state index contributed by atoms with van der Waals surface area (Å²) < 4.78 is 5.71. The standard InChI is InChI=1S/C16H26O/c1-3-4-5-6-7-8-9-13-17-16-12-10-11-15(2)14-16/h10-12,14H,3-9,13H2,1-2H3. The molecule has 0 aliphatic rings. The Morgan fingerprint density at radius 1 is 0.941 bits per heavy atom. The van der Waals surface area contributed by atoms with Crippen LogP contribution in [0.1, 0.15) is 57.4 Å². The lowest BCUT2D eigenvalue weighted by Crippen LogP contribution is -1.97.